The Balaban J connectivity index is 2.98. The van der Waals surface area contributed by atoms with E-state index in [2.05, 4.69) is 5.32 Å². The summed E-state index contributed by atoms with van der Waals surface area (Å²) in [6.45, 7) is 4.68. The van der Waals surface area contributed by atoms with E-state index in [9.17, 15) is 18.0 Å². The van der Waals surface area contributed by atoms with Crippen molar-refractivity contribution in [1.82, 2.24) is 9.62 Å². The SMILES string of the molecule is CC(C)(C)OC(=O)NC1(CN(C(=O)O)S(N)(=O)=O)CCCCC1. The molecule has 0 aliphatic heterocycles. The highest BCUT2D eigenvalue weighted by Gasteiger charge is 2.40. The standard InChI is InChI=1S/C13H25N3O6S/c1-12(2,3)22-10(17)15-13(7-5-4-6-8-13)9-16(11(18)19)23(14,20)21/h4-9H2,1-3H3,(H,15,17)(H,18,19)(H2,14,20,21). The minimum Gasteiger partial charge on any atom is -0.464 e. The Labute approximate surface area is 136 Å². The van der Waals surface area contributed by atoms with Crippen LogP contribution in [-0.2, 0) is 14.9 Å². The molecule has 0 aromatic heterocycles. The Morgan fingerprint density at radius 1 is 1.26 bits per heavy atom. The van der Waals surface area contributed by atoms with Crippen LogP contribution in [-0.4, -0.2) is 47.7 Å². The van der Waals surface area contributed by atoms with Crippen LogP contribution in [0.2, 0.25) is 0 Å². The maximum Gasteiger partial charge on any atom is 0.422 e. The van der Waals surface area contributed by atoms with Gasteiger partial charge >= 0.3 is 22.4 Å². The van der Waals surface area contributed by atoms with Gasteiger partial charge in [-0.3, -0.25) is 0 Å². The van der Waals surface area contributed by atoms with Gasteiger partial charge in [0.25, 0.3) is 0 Å². The molecule has 23 heavy (non-hydrogen) atoms. The number of hydrogen-bond donors (Lipinski definition) is 3. The first kappa shape index (κ1) is 19.5. The number of carboxylic acid groups (broad SMARTS) is 1. The van der Waals surface area contributed by atoms with E-state index in [1.165, 1.54) is 0 Å². The number of carbonyl (C=O) groups is 2. The van der Waals surface area contributed by atoms with Crippen molar-refractivity contribution in [2.75, 3.05) is 6.54 Å². The predicted molar refractivity (Wildman–Crippen MR) is 83.0 cm³/mol. The van der Waals surface area contributed by atoms with Crippen molar-refractivity contribution in [2.45, 2.75) is 64.0 Å². The fourth-order valence-corrected chi connectivity index (χ4v) is 3.26. The highest BCUT2D eigenvalue weighted by molar-refractivity contribution is 7.87. The van der Waals surface area contributed by atoms with Crippen LogP contribution >= 0.6 is 0 Å². The molecule has 0 aromatic rings. The summed E-state index contributed by atoms with van der Waals surface area (Å²) < 4.78 is 28.3. The quantitative estimate of drug-likeness (QED) is 0.699. The number of nitrogens with two attached hydrogens (primary N) is 1. The first-order chi connectivity index (χ1) is 10.3. The van der Waals surface area contributed by atoms with Crippen molar-refractivity contribution < 1.29 is 27.9 Å². The van der Waals surface area contributed by atoms with E-state index in [-0.39, 0.29) is 4.31 Å². The van der Waals surface area contributed by atoms with E-state index >= 15 is 0 Å². The zero-order valence-electron chi connectivity index (χ0n) is 13.7. The first-order valence-electron chi connectivity index (χ1n) is 7.39. The Morgan fingerprint density at radius 3 is 2.17 bits per heavy atom. The Hall–Kier alpha value is -1.55. The summed E-state index contributed by atoms with van der Waals surface area (Å²) in [6.07, 6.45) is 0.932. The molecule has 0 saturated heterocycles. The van der Waals surface area contributed by atoms with Gasteiger partial charge in [-0.15, -0.1) is 0 Å². The molecule has 1 rings (SSSR count). The molecule has 0 aromatic carbocycles. The maximum atomic E-state index is 12.1. The molecule has 10 heteroatoms. The summed E-state index contributed by atoms with van der Waals surface area (Å²) in [5, 5.41) is 16.7. The number of nitrogens with one attached hydrogen (secondary N) is 1. The molecule has 1 saturated carbocycles. The highest BCUT2D eigenvalue weighted by Crippen LogP contribution is 2.30. The predicted octanol–water partition coefficient (Wildman–Crippen LogP) is 1.40. The minimum atomic E-state index is -4.43. The van der Waals surface area contributed by atoms with Gasteiger partial charge < -0.3 is 15.2 Å². The molecule has 2 amide bonds. The number of rotatable bonds is 4. The van der Waals surface area contributed by atoms with Gasteiger partial charge in [0.2, 0.25) is 0 Å². The first-order valence-corrected chi connectivity index (χ1v) is 8.90. The van der Waals surface area contributed by atoms with Crippen LogP contribution in [0.25, 0.3) is 0 Å². The van der Waals surface area contributed by atoms with Crippen LogP contribution in [0.5, 0.6) is 0 Å². The van der Waals surface area contributed by atoms with Crippen LogP contribution in [0.1, 0.15) is 52.9 Å². The summed E-state index contributed by atoms with van der Waals surface area (Å²) >= 11 is 0. The zero-order chi connectivity index (χ0) is 17.9. The average Bonchev–Trinajstić information content (AvgIpc) is 2.33. The van der Waals surface area contributed by atoms with E-state index < -0.39 is 40.1 Å². The topological polar surface area (TPSA) is 139 Å². The average molecular weight is 351 g/mol. The number of alkyl carbamates (subject to hydrolysis) is 1. The van der Waals surface area contributed by atoms with Gasteiger partial charge in [-0.05, 0) is 33.6 Å². The molecular weight excluding hydrogens is 326 g/mol. The lowest BCUT2D eigenvalue weighted by atomic mass is 9.81. The third kappa shape index (κ3) is 6.22. The van der Waals surface area contributed by atoms with Gasteiger partial charge in [0.15, 0.2) is 0 Å². The molecule has 0 radical (unpaired) electrons. The fourth-order valence-electron chi connectivity index (χ4n) is 2.61. The number of ether oxygens (including phenoxy) is 1. The lowest BCUT2D eigenvalue weighted by Crippen LogP contribution is -2.59. The van der Waals surface area contributed by atoms with Crippen LogP contribution in [0.4, 0.5) is 9.59 Å². The summed E-state index contributed by atoms with van der Waals surface area (Å²) in [4.78, 5) is 23.3. The lowest BCUT2D eigenvalue weighted by molar-refractivity contribution is 0.0403. The normalized spacial score (nSPS) is 18.1. The van der Waals surface area contributed by atoms with E-state index in [0.29, 0.717) is 12.8 Å². The molecule has 1 aliphatic rings. The van der Waals surface area contributed by atoms with E-state index in [1.54, 1.807) is 20.8 Å². The van der Waals surface area contributed by atoms with Crippen molar-refractivity contribution in [3.63, 3.8) is 0 Å². The largest absolute Gasteiger partial charge is 0.464 e. The van der Waals surface area contributed by atoms with Crippen molar-refractivity contribution in [2.24, 2.45) is 5.14 Å². The molecule has 0 bridgehead atoms. The van der Waals surface area contributed by atoms with Crippen LogP contribution < -0.4 is 10.5 Å². The van der Waals surface area contributed by atoms with Crippen LogP contribution in [0.15, 0.2) is 0 Å². The van der Waals surface area contributed by atoms with Gasteiger partial charge in [0.05, 0.1) is 12.1 Å². The number of nitrogens with zero attached hydrogens (tertiary/aromatic N) is 1. The highest BCUT2D eigenvalue weighted by atomic mass is 32.2. The molecule has 0 heterocycles. The van der Waals surface area contributed by atoms with E-state index in [1.807, 2.05) is 0 Å². The van der Waals surface area contributed by atoms with Gasteiger partial charge in [0.1, 0.15) is 5.60 Å². The zero-order valence-corrected chi connectivity index (χ0v) is 14.5. The van der Waals surface area contributed by atoms with Crippen molar-refractivity contribution in [3.05, 3.63) is 0 Å². The Morgan fingerprint density at radius 2 is 1.78 bits per heavy atom. The number of carbonyl (C=O) groups excluding carboxylic acids is 1. The Kier molecular flexibility index (Phi) is 5.86. The second-order valence-corrected chi connectivity index (χ2v) is 8.27. The molecule has 1 aliphatic carbocycles. The second kappa shape index (κ2) is 6.91. The monoisotopic (exact) mass is 351 g/mol. The lowest BCUT2D eigenvalue weighted by Gasteiger charge is -2.40. The molecule has 134 valence electrons. The number of amides is 2. The molecule has 9 nitrogen and oxygen atoms in total. The maximum absolute atomic E-state index is 12.1. The summed E-state index contributed by atoms with van der Waals surface area (Å²) in [7, 11) is -4.43. The third-order valence-corrected chi connectivity index (χ3v) is 4.44. The van der Waals surface area contributed by atoms with E-state index in [0.717, 1.165) is 19.3 Å². The summed E-state index contributed by atoms with van der Waals surface area (Å²) in [5.74, 6) is 0. The molecule has 1 fully saturated rings. The molecule has 0 unspecified atom stereocenters. The molecule has 0 spiro atoms. The van der Waals surface area contributed by atoms with Crippen molar-refractivity contribution in [1.29, 1.82) is 0 Å². The fraction of sp³-hybridized carbons (Fsp3) is 0.846. The smallest absolute Gasteiger partial charge is 0.422 e. The number of hydrogen-bond acceptors (Lipinski definition) is 5. The minimum absolute atomic E-state index is 0.162. The molecule has 4 N–H and O–H groups in total. The molecule has 0 atom stereocenters. The van der Waals surface area contributed by atoms with Gasteiger partial charge in [0, 0.05) is 0 Å². The van der Waals surface area contributed by atoms with Gasteiger partial charge in [-0.25, -0.2) is 14.7 Å². The van der Waals surface area contributed by atoms with E-state index in [4.69, 9.17) is 15.0 Å². The van der Waals surface area contributed by atoms with Gasteiger partial charge in [-0.1, -0.05) is 19.3 Å². The second-order valence-electron chi connectivity index (χ2n) is 6.80. The third-order valence-electron chi connectivity index (χ3n) is 3.54. The van der Waals surface area contributed by atoms with Gasteiger partial charge in [-0.2, -0.15) is 12.7 Å². The van der Waals surface area contributed by atoms with Crippen LogP contribution in [0.3, 0.4) is 0 Å². The Bertz CT molecular complexity index is 549. The van der Waals surface area contributed by atoms with Crippen molar-refractivity contribution in [3.8, 4) is 0 Å². The van der Waals surface area contributed by atoms with Crippen molar-refractivity contribution >= 4 is 22.4 Å². The van der Waals surface area contributed by atoms with Crippen LogP contribution in [0, 0.1) is 0 Å². The summed E-state index contributed by atoms with van der Waals surface area (Å²) in [6, 6.07) is 0. The molecular formula is C13H25N3O6S. The summed E-state index contributed by atoms with van der Waals surface area (Å²) in [5.41, 5.74) is -1.72.